The van der Waals surface area contributed by atoms with Crippen molar-refractivity contribution in [3.8, 4) is 0 Å². The Bertz CT molecular complexity index is 404. The molecule has 0 heterocycles. The zero-order chi connectivity index (χ0) is 13.8. The summed E-state index contributed by atoms with van der Waals surface area (Å²) in [6.45, 7) is 7.72. The van der Waals surface area contributed by atoms with Gasteiger partial charge < -0.3 is 15.8 Å². The van der Waals surface area contributed by atoms with Gasteiger partial charge in [0.1, 0.15) is 0 Å². The van der Waals surface area contributed by atoms with E-state index in [1.54, 1.807) is 0 Å². The largest absolute Gasteiger partial charge is 0.409 e. The zero-order valence-corrected chi connectivity index (χ0v) is 11.6. The fourth-order valence-corrected chi connectivity index (χ4v) is 1.58. The first kappa shape index (κ1) is 14.4. The predicted molar refractivity (Wildman–Crippen MR) is 76.3 cm³/mol. The molecule has 0 spiro atoms. The van der Waals surface area contributed by atoms with Crippen LogP contribution in [0.3, 0.4) is 0 Å². The van der Waals surface area contributed by atoms with Gasteiger partial charge in [-0.15, -0.1) is 0 Å². The van der Waals surface area contributed by atoms with E-state index in [1.807, 2.05) is 24.3 Å². The van der Waals surface area contributed by atoms with Gasteiger partial charge in [-0.25, -0.2) is 0 Å². The minimum Gasteiger partial charge on any atom is -0.409 e. The van der Waals surface area contributed by atoms with Crippen LogP contribution in [0.15, 0.2) is 29.4 Å². The van der Waals surface area contributed by atoms with E-state index >= 15 is 0 Å². The van der Waals surface area contributed by atoms with E-state index in [1.165, 1.54) is 0 Å². The third kappa shape index (κ3) is 4.28. The molecule has 0 bridgehead atoms. The summed E-state index contributed by atoms with van der Waals surface area (Å²) in [6.07, 6.45) is 1.13. The van der Waals surface area contributed by atoms with Gasteiger partial charge in [0.15, 0.2) is 5.84 Å². The second-order valence-electron chi connectivity index (χ2n) is 5.76. The Hall–Kier alpha value is -1.71. The van der Waals surface area contributed by atoms with Crippen LogP contribution < -0.4 is 10.6 Å². The number of hydrogen-bond acceptors (Lipinski definition) is 3. The number of anilines is 1. The molecule has 0 saturated heterocycles. The smallest absolute Gasteiger partial charge is 0.170 e. The van der Waals surface area contributed by atoms with Gasteiger partial charge in [-0.3, -0.25) is 0 Å². The van der Waals surface area contributed by atoms with Crippen LogP contribution >= 0.6 is 0 Å². The van der Waals surface area contributed by atoms with Crippen LogP contribution in [0.1, 0.15) is 32.8 Å². The van der Waals surface area contributed by atoms with Gasteiger partial charge in [0.2, 0.25) is 0 Å². The van der Waals surface area contributed by atoms with Crippen LogP contribution in [-0.4, -0.2) is 24.6 Å². The Morgan fingerprint density at radius 1 is 1.28 bits per heavy atom. The average molecular weight is 249 g/mol. The molecule has 4 nitrogen and oxygen atoms in total. The monoisotopic (exact) mass is 249 g/mol. The number of benzene rings is 1. The highest BCUT2D eigenvalue weighted by molar-refractivity contribution is 5.97. The van der Waals surface area contributed by atoms with Crippen LogP contribution in [0.4, 0.5) is 5.69 Å². The summed E-state index contributed by atoms with van der Waals surface area (Å²) in [5.41, 5.74) is 7.72. The second-order valence-corrected chi connectivity index (χ2v) is 5.76. The maximum Gasteiger partial charge on any atom is 0.170 e. The number of oxime groups is 1. The Morgan fingerprint density at radius 2 is 1.83 bits per heavy atom. The molecule has 0 saturated carbocycles. The molecule has 1 aromatic carbocycles. The second kappa shape index (κ2) is 5.76. The third-order valence-electron chi connectivity index (χ3n) is 2.91. The van der Waals surface area contributed by atoms with E-state index in [-0.39, 0.29) is 5.84 Å². The summed E-state index contributed by atoms with van der Waals surface area (Å²) in [5, 5.41) is 11.6. The third-order valence-corrected chi connectivity index (χ3v) is 2.91. The number of nitrogens with zero attached hydrogens (tertiary/aromatic N) is 2. The van der Waals surface area contributed by atoms with Crippen LogP contribution in [0.25, 0.3) is 0 Å². The van der Waals surface area contributed by atoms with E-state index in [4.69, 9.17) is 10.9 Å². The average Bonchev–Trinajstić information content (AvgIpc) is 2.34. The highest BCUT2D eigenvalue weighted by Gasteiger charge is 2.11. The SMILES string of the molecule is CN(CCC(C)(C)C)c1ccc(C(N)=NO)cc1. The standard InChI is InChI=1S/C14H23N3O/c1-14(2,3)9-10-17(4)12-7-5-11(6-8-12)13(15)16-18/h5-8,18H,9-10H2,1-4H3,(H2,15,16). The first-order valence-electron chi connectivity index (χ1n) is 6.12. The fraction of sp³-hybridized carbons (Fsp3) is 0.500. The summed E-state index contributed by atoms with van der Waals surface area (Å²) in [4.78, 5) is 2.21. The normalized spacial score (nSPS) is 12.6. The van der Waals surface area contributed by atoms with Crippen molar-refractivity contribution in [3.63, 3.8) is 0 Å². The molecule has 0 unspecified atom stereocenters. The quantitative estimate of drug-likeness (QED) is 0.373. The number of amidine groups is 1. The first-order valence-corrected chi connectivity index (χ1v) is 6.12. The van der Waals surface area contributed by atoms with E-state index in [0.29, 0.717) is 5.41 Å². The highest BCUT2D eigenvalue weighted by Crippen LogP contribution is 2.21. The van der Waals surface area contributed by atoms with E-state index in [0.717, 1.165) is 24.2 Å². The number of nitrogens with two attached hydrogens (primary N) is 1. The van der Waals surface area contributed by atoms with Crippen LogP contribution in [-0.2, 0) is 0 Å². The van der Waals surface area contributed by atoms with E-state index < -0.39 is 0 Å². The summed E-state index contributed by atoms with van der Waals surface area (Å²) >= 11 is 0. The van der Waals surface area contributed by atoms with Gasteiger partial charge in [0, 0.05) is 24.8 Å². The lowest BCUT2D eigenvalue weighted by atomic mass is 9.92. The minimum absolute atomic E-state index is 0.138. The van der Waals surface area contributed by atoms with Gasteiger partial charge in [0.25, 0.3) is 0 Å². The summed E-state index contributed by atoms with van der Waals surface area (Å²) < 4.78 is 0. The molecule has 1 rings (SSSR count). The van der Waals surface area contributed by atoms with Crippen molar-refractivity contribution >= 4 is 11.5 Å². The molecule has 0 aromatic heterocycles. The maximum atomic E-state index is 8.59. The molecule has 0 radical (unpaired) electrons. The number of hydrogen-bond donors (Lipinski definition) is 2. The zero-order valence-electron chi connectivity index (χ0n) is 11.6. The van der Waals surface area contributed by atoms with Crippen LogP contribution in [0, 0.1) is 5.41 Å². The van der Waals surface area contributed by atoms with Gasteiger partial charge in [-0.1, -0.05) is 25.9 Å². The Labute approximate surface area is 109 Å². The lowest BCUT2D eigenvalue weighted by Crippen LogP contribution is -2.23. The molecule has 1 aromatic rings. The van der Waals surface area contributed by atoms with Crippen molar-refractivity contribution in [2.45, 2.75) is 27.2 Å². The van der Waals surface area contributed by atoms with Crippen molar-refractivity contribution in [3.05, 3.63) is 29.8 Å². The van der Waals surface area contributed by atoms with Crippen molar-refractivity contribution in [2.24, 2.45) is 16.3 Å². The van der Waals surface area contributed by atoms with Gasteiger partial charge in [0.05, 0.1) is 0 Å². The molecule has 0 amide bonds. The molecular formula is C14H23N3O. The molecule has 4 heteroatoms. The lowest BCUT2D eigenvalue weighted by molar-refractivity contribution is 0.318. The first-order chi connectivity index (χ1) is 8.33. The molecule has 0 aliphatic heterocycles. The topological polar surface area (TPSA) is 61.8 Å². The van der Waals surface area contributed by atoms with E-state index in [9.17, 15) is 0 Å². The van der Waals surface area contributed by atoms with Gasteiger partial charge in [-0.2, -0.15) is 0 Å². The van der Waals surface area contributed by atoms with Crippen molar-refractivity contribution in [1.29, 1.82) is 0 Å². The van der Waals surface area contributed by atoms with E-state index in [2.05, 4.69) is 37.9 Å². The number of rotatable bonds is 4. The Balaban J connectivity index is 2.67. The van der Waals surface area contributed by atoms with Gasteiger partial charge in [-0.05, 0) is 36.1 Å². The summed E-state index contributed by atoms with van der Waals surface area (Å²) in [5.74, 6) is 0.138. The molecule has 0 fully saturated rings. The minimum atomic E-state index is 0.138. The predicted octanol–water partition coefficient (Wildman–Crippen LogP) is 2.65. The molecule has 0 atom stereocenters. The molecule has 0 aliphatic carbocycles. The molecule has 0 aliphatic rings. The van der Waals surface area contributed by atoms with Crippen molar-refractivity contribution < 1.29 is 5.21 Å². The van der Waals surface area contributed by atoms with Crippen LogP contribution in [0.2, 0.25) is 0 Å². The Kier molecular flexibility index (Phi) is 4.59. The van der Waals surface area contributed by atoms with Gasteiger partial charge >= 0.3 is 0 Å². The lowest BCUT2D eigenvalue weighted by Gasteiger charge is -2.25. The van der Waals surface area contributed by atoms with Crippen molar-refractivity contribution in [1.82, 2.24) is 0 Å². The Morgan fingerprint density at radius 3 is 2.28 bits per heavy atom. The molecular weight excluding hydrogens is 226 g/mol. The highest BCUT2D eigenvalue weighted by atomic mass is 16.4. The molecule has 18 heavy (non-hydrogen) atoms. The van der Waals surface area contributed by atoms with Crippen LogP contribution in [0.5, 0.6) is 0 Å². The van der Waals surface area contributed by atoms with Crippen molar-refractivity contribution in [2.75, 3.05) is 18.5 Å². The fourth-order valence-electron chi connectivity index (χ4n) is 1.58. The maximum absolute atomic E-state index is 8.59. The summed E-state index contributed by atoms with van der Waals surface area (Å²) in [6, 6.07) is 7.68. The molecule has 100 valence electrons. The summed E-state index contributed by atoms with van der Waals surface area (Å²) in [7, 11) is 2.07. The molecule has 3 N–H and O–H groups in total.